The molecule has 108 valence electrons. The van der Waals surface area contributed by atoms with E-state index < -0.39 is 6.10 Å². The molecule has 1 aromatic rings. The Morgan fingerprint density at radius 2 is 1.79 bits per heavy atom. The summed E-state index contributed by atoms with van der Waals surface area (Å²) in [5.74, 6) is 0.825. The third-order valence-corrected chi connectivity index (χ3v) is 2.84. The number of aliphatic hydroxyl groups is 1. The molecule has 0 aromatic heterocycles. The van der Waals surface area contributed by atoms with Crippen molar-refractivity contribution in [3.05, 3.63) is 29.8 Å². The van der Waals surface area contributed by atoms with Crippen molar-refractivity contribution < 1.29 is 14.6 Å². The summed E-state index contributed by atoms with van der Waals surface area (Å²) in [4.78, 5) is 0. The highest BCUT2D eigenvalue weighted by atomic mass is 16.5. The van der Waals surface area contributed by atoms with E-state index >= 15 is 0 Å². The predicted octanol–water partition coefficient (Wildman–Crippen LogP) is 2.13. The van der Waals surface area contributed by atoms with E-state index in [9.17, 15) is 5.11 Å². The fourth-order valence-corrected chi connectivity index (χ4v) is 1.80. The van der Waals surface area contributed by atoms with Crippen LogP contribution >= 0.6 is 0 Å². The molecule has 0 saturated carbocycles. The molecule has 0 heterocycles. The Morgan fingerprint density at radius 1 is 1.16 bits per heavy atom. The first-order chi connectivity index (χ1) is 9.04. The van der Waals surface area contributed by atoms with Crippen molar-refractivity contribution >= 4 is 0 Å². The molecular formula is C15H25NO3. The summed E-state index contributed by atoms with van der Waals surface area (Å²) in [7, 11) is 1.66. The molecule has 0 bridgehead atoms. The van der Waals surface area contributed by atoms with Gasteiger partial charge in [-0.1, -0.05) is 12.1 Å². The number of rotatable bonds is 8. The molecule has 2 N–H and O–H groups in total. The molecule has 0 saturated heterocycles. The van der Waals surface area contributed by atoms with E-state index in [1.807, 2.05) is 45.0 Å². The average Bonchev–Trinajstić information content (AvgIpc) is 2.38. The second-order valence-corrected chi connectivity index (χ2v) is 4.92. The first-order valence-corrected chi connectivity index (χ1v) is 6.71. The van der Waals surface area contributed by atoms with Gasteiger partial charge in [0.2, 0.25) is 0 Å². The van der Waals surface area contributed by atoms with Crippen molar-refractivity contribution in [2.45, 2.75) is 39.0 Å². The standard InChI is InChI=1S/C15H25NO3/c1-11(2)19-14-7-5-13(6-8-14)15(17)12(3)16-9-10-18-4/h5-8,11-12,15-17H,9-10H2,1-4H3. The fourth-order valence-electron chi connectivity index (χ4n) is 1.80. The predicted molar refractivity (Wildman–Crippen MR) is 76.5 cm³/mol. The third kappa shape index (κ3) is 5.59. The lowest BCUT2D eigenvalue weighted by atomic mass is 10.0. The molecule has 4 heteroatoms. The van der Waals surface area contributed by atoms with Crippen LogP contribution in [-0.2, 0) is 4.74 Å². The van der Waals surface area contributed by atoms with E-state index in [1.165, 1.54) is 0 Å². The second kappa shape index (κ2) is 8.15. The van der Waals surface area contributed by atoms with Crippen LogP contribution in [0.15, 0.2) is 24.3 Å². The highest BCUT2D eigenvalue weighted by molar-refractivity contribution is 5.29. The van der Waals surface area contributed by atoms with Gasteiger partial charge < -0.3 is 19.9 Å². The maximum Gasteiger partial charge on any atom is 0.119 e. The lowest BCUT2D eigenvalue weighted by Crippen LogP contribution is -2.34. The van der Waals surface area contributed by atoms with E-state index in [2.05, 4.69) is 5.32 Å². The molecule has 0 aliphatic carbocycles. The van der Waals surface area contributed by atoms with Crippen LogP contribution in [0, 0.1) is 0 Å². The Morgan fingerprint density at radius 3 is 2.32 bits per heavy atom. The average molecular weight is 267 g/mol. The summed E-state index contributed by atoms with van der Waals surface area (Å²) in [6.45, 7) is 7.30. The number of methoxy groups -OCH3 is 1. The Bertz CT molecular complexity index is 351. The van der Waals surface area contributed by atoms with Crippen LogP contribution in [-0.4, -0.2) is 37.5 Å². The highest BCUT2D eigenvalue weighted by Crippen LogP contribution is 2.20. The van der Waals surface area contributed by atoms with E-state index in [1.54, 1.807) is 7.11 Å². The van der Waals surface area contributed by atoms with Crippen molar-refractivity contribution in [1.29, 1.82) is 0 Å². The lowest BCUT2D eigenvalue weighted by molar-refractivity contribution is 0.126. The zero-order valence-electron chi connectivity index (χ0n) is 12.2. The van der Waals surface area contributed by atoms with Gasteiger partial charge in [0.25, 0.3) is 0 Å². The van der Waals surface area contributed by atoms with E-state index in [0.29, 0.717) is 6.61 Å². The molecule has 0 radical (unpaired) electrons. The molecule has 1 rings (SSSR count). The van der Waals surface area contributed by atoms with E-state index in [0.717, 1.165) is 17.9 Å². The minimum absolute atomic E-state index is 0.0213. The minimum atomic E-state index is -0.537. The number of benzene rings is 1. The first-order valence-electron chi connectivity index (χ1n) is 6.71. The van der Waals surface area contributed by atoms with Crippen LogP contribution in [0.5, 0.6) is 5.75 Å². The van der Waals surface area contributed by atoms with E-state index in [4.69, 9.17) is 9.47 Å². The van der Waals surface area contributed by atoms with Gasteiger partial charge >= 0.3 is 0 Å². The quantitative estimate of drug-likeness (QED) is 0.709. The van der Waals surface area contributed by atoms with E-state index in [-0.39, 0.29) is 12.1 Å². The molecule has 0 fully saturated rings. The van der Waals surface area contributed by atoms with Crippen LogP contribution in [0.2, 0.25) is 0 Å². The largest absolute Gasteiger partial charge is 0.491 e. The molecule has 1 aromatic carbocycles. The summed E-state index contributed by atoms with van der Waals surface area (Å²) in [5.41, 5.74) is 0.883. The Labute approximate surface area is 115 Å². The molecule has 0 aliphatic heterocycles. The van der Waals surface area contributed by atoms with Gasteiger partial charge in [0, 0.05) is 19.7 Å². The van der Waals surface area contributed by atoms with Crippen LogP contribution in [0.4, 0.5) is 0 Å². The van der Waals surface area contributed by atoms with Crippen molar-refractivity contribution in [3.63, 3.8) is 0 Å². The summed E-state index contributed by atoms with van der Waals surface area (Å²) >= 11 is 0. The maximum atomic E-state index is 10.2. The smallest absolute Gasteiger partial charge is 0.119 e. The monoisotopic (exact) mass is 267 g/mol. The van der Waals surface area contributed by atoms with Gasteiger partial charge in [-0.05, 0) is 38.5 Å². The van der Waals surface area contributed by atoms with Gasteiger partial charge in [0.15, 0.2) is 0 Å². The van der Waals surface area contributed by atoms with Gasteiger partial charge in [0.05, 0.1) is 18.8 Å². The number of aliphatic hydroxyl groups excluding tert-OH is 1. The van der Waals surface area contributed by atoms with Crippen LogP contribution in [0.1, 0.15) is 32.4 Å². The van der Waals surface area contributed by atoms with Crippen LogP contribution in [0.3, 0.4) is 0 Å². The zero-order chi connectivity index (χ0) is 14.3. The normalized spacial score (nSPS) is 14.4. The van der Waals surface area contributed by atoms with Gasteiger partial charge in [-0.2, -0.15) is 0 Å². The molecule has 4 nitrogen and oxygen atoms in total. The molecule has 0 amide bonds. The zero-order valence-corrected chi connectivity index (χ0v) is 12.2. The summed E-state index contributed by atoms with van der Waals surface area (Å²) in [5, 5.41) is 13.4. The molecule has 0 aliphatic rings. The Kier molecular flexibility index (Phi) is 6.84. The van der Waals surface area contributed by atoms with Gasteiger partial charge in [-0.3, -0.25) is 0 Å². The van der Waals surface area contributed by atoms with Crippen LogP contribution < -0.4 is 10.1 Å². The second-order valence-electron chi connectivity index (χ2n) is 4.92. The highest BCUT2D eigenvalue weighted by Gasteiger charge is 2.15. The summed E-state index contributed by atoms with van der Waals surface area (Å²) in [6, 6.07) is 7.56. The molecular weight excluding hydrogens is 242 g/mol. The van der Waals surface area contributed by atoms with Crippen molar-refractivity contribution in [2.24, 2.45) is 0 Å². The first kappa shape index (κ1) is 16.0. The lowest BCUT2D eigenvalue weighted by Gasteiger charge is -2.21. The maximum absolute atomic E-state index is 10.2. The minimum Gasteiger partial charge on any atom is -0.491 e. The molecule has 0 spiro atoms. The number of hydrogen-bond acceptors (Lipinski definition) is 4. The summed E-state index contributed by atoms with van der Waals surface area (Å²) < 4.78 is 10.5. The van der Waals surface area contributed by atoms with Crippen molar-refractivity contribution in [3.8, 4) is 5.75 Å². The Balaban J connectivity index is 2.54. The number of ether oxygens (including phenoxy) is 2. The van der Waals surface area contributed by atoms with Crippen LogP contribution in [0.25, 0.3) is 0 Å². The Hall–Kier alpha value is -1.10. The van der Waals surface area contributed by atoms with Gasteiger partial charge in [-0.15, -0.1) is 0 Å². The molecule has 2 unspecified atom stereocenters. The number of nitrogens with one attached hydrogen (secondary N) is 1. The third-order valence-electron chi connectivity index (χ3n) is 2.84. The topological polar surface area (TPSA) is 50.7 Å². The molecule has 2 atom stereocenters. The van der Waals surface area contributed by atoms with Gasteiger partial charge in [-0.25, -0.2) is 0 Å². The number of hydrogen-bond donors (Lipinski definition) is 2. The molecule has 19 heavy (non-hydrogen) atoms. The SMILES string of the molecule is COCCNC(C)C(O)c1ccc(OC(C)C)cc1. The fraction of sp³-hybridized carbons (Fsp3) is 0.600. The van der Waals surface area contributed by atoms with Crippen molar-refractivity contribution in [1.82, 2.24) is 5.32 Å². The van der Waals surface area contributed by atoms with Crippen molar-refractivity contribution in [2.75, 3.05) is 20.3 Å². The summed E-state index contributed by atoms with van der Waals surface area (Å²) in [6.07, 6.45) is -0.379. The van der Waals surface area contributed by atoms with Gasteiger partial charge in [0.1, 0.15) is 5.75 Å².